The van der Waals surface area contributed by atoms with E-state index in [1.165, 1.54) is 0 Å². The van der Waals surface area contributed by atoms with E-state index in [-0.39, 0.29) is 0 Å². The molecule has 0 spiro atoms. The molecule has 0 aromatic heterocycles. The number of hydrogen-bond acceptors (Lipinski definition) is 10. The Balaban J connectivity index is 3.25. The van der Waals surface area contributed by atoms with Crippen molar-refractivity contribution in [2.75, 3.05) is 7.11 Å². The Bertz CT molecular complexity index is 608. The number of aliphatic carboxylic acids is 1. The number of carboxylic acids is 1. The molecule has 0 unspecified atom stereocenters. The molecule has 1 fully saturated rings. The summed E-state index contributed by atoms with van der Waals surface area (Å²) in [6.45, 7) is 0. The van der Waals surface area contributed by atoms with Crippen LogP contribution in [0.1, 0.15) is 0 Å². The molecule has 0 radical (unpaired) electrons. The van der Waals surface area contributed by atoms with Gasteiger partial charge in [0.2, 0.25) is 0 Å². The minimum absolute atomic E-state index is 0.895. The summed E-state index contributed by atoms with van der Waals surface area (Å²) in [6.07, 6.45) is -10.5. The average Bonchev–Trinajstić information content (AvgIpc) is 2.30. The van der Waals surface area contributed by atoms with Gasteiger partial charge in [0, 0.05) is 7.11 Å². The maximum absolute atomic E-state index is 11.0. The maximum atomic E-state index is 11.0. The molecule has 22 heavy (non-hydrogen) atoms. The zero-order valence-electron chi connectivity index (χ0n) is 10.7. The van der Waals surface area contributed by atoms with Crippen LogP contribution in [0.5, 0.6) is 0 Å². The van der Waals surface area contributed by atoms with Gasteiger partial charge < -0.3 is 19.7 Å². The van der Waals surface area contributed by atoms with Gasteiger partial charge in [0.25, 0.3) is 0 Å². The first-order valence-corrected chi connectivity index (χ1v) is 7.99. The summed E-state index contributed by atoms with van der Waals surface area (Å²) in [5.74, 6) is -1.71. The van der Waals surface area contributed by atoms with Gasteiger partial charge in [-0.05, 0) is 0 Å². The predicted octanol–water partition coefficient (Wildman–Crippen LogP) is -2.82. The first-order valence-electron chi connectivity index (χ1n) is 5.26. The Labute approximate surface area is 124 Å². The van der Waals surface area contributed by atoms with Gasteiger partial charge in [-0.2, -0.15) is 16.8 Å². The molecule has 130 valence electrons. The molecular formula is C7H12O13S2. The number of hydrogen-bond donors (Lipinski definition) is 4. The fourth-order valence-electron chi connectivity index (χ4n) is 1.78. The Hall–Kier alpha value is -0.910. The molecule has 1 heterocycles. The molecule has 13 nitrogen and oxygen atoms in total. The summed E-state index contributed by atoms with van der Waals surface area (Å²) in [7, 11) is -9.54. The third-order valence-electron chi connectivity index (χ3n) is 2.49. The third kappa shape index (κ3) is 5.07. The topological polar surface area (TPSA) is 203 Å². The average molecular weight is 368 g/mol. The van der Waals surface area contributed by atoms with E-state index in [4.69, 9.17) is 14.2 Å². The summed E-state index contributed by atoms with van der Waals surface area (Å²) < 4.78 is 77.5. The van der Waals surface area contributed by atoms with Crippen molar-refractivity contribution >= 4 is 26.8 Å². The van der Waals surface area contributed by atoms with Crippen LogP contribution in [0.4, 0.5) is 0 Å². The Morgan fingerprint density at radius 1 is 1.00 bits per heavy atom. The lowest BCUT2D eigenvalue weighted by Crippen LogP contribution is -2.62. The molecule has 0 aromatic carbocycles. The van der Waals surface area contributed by atoms with Crippen LogP contribution < -0.4 is 0 Å². The SMILES string of the molecule is CO[C@H]1[C@H](OS(=O)(=O)O)[C@@H](OS(=O)(=O)O)[C@H](O)O[C@@H]1C(=O)O. The quantitative estimate of drug-likeness (QED) is 0.350. The monoisotopic (exact) mass is 368 g/mol. The molecule has 1 saturated heterocycles. The zero-order chi connectivity index (χ0) is 17.3. The molecular weight excluding hydrogens is 356 g/mol. The van der Waals surface area contributed by atoms with Crippen LogP contribution in [0, 0.1) is 0 Å². The summed E-state index contributed by atoms with van der Waals surface area (Å²) >= 11 is 0. The van der Waals surface area contributed by atoms with E-state index in [9.17, 15) is 26.7 Å². The minimum atomic E-state index is -5.22. The predicted molar refractivity (Wildman–Crippen MR) is 62.2 cm³/mol. The van der Waals surface area contributed by atoms with Crippen LogP contribution in [-0.4, -0.2) is 79.9 Å². The van der Waals surface area contributed by atoms with E-state index in [1.807, 2.05) is 0 Å². The highest BCUT2D eigenvalue weighted by Gasteiger charge is 2.53. The van der Waals surface area contributed by atoms with Crippen LogP contribution in [0.15, 0.2) is 0 Å². The molecule has 5 atom stereocenters. The van der Waals surface area contributed by atoms with E-state index >= 15 is 0 Å². The minimum Gasteiger partial charge on any atom is -0.479 e. The zero-order valence-corrected chi connectivity index (χ0v) is 12.3. The van der Waals surface area contributed by atoms with Gasteiger partial charge >= 0.3 is 26.8 Å². The van der Waals surface area contributed by atoms with Crippen LogP contribution in [0.2, 0.25) is 0 Å². The fourth-order valence-corrected chi connectivity index (χ4v) is 2.76. The van der Waals surface area contributed by atoms with Crippen LogP contribution in [0.3, 0.4) is 0 Å². The van der Waals surface area contributed by atoms with E-state index in [0.29, 0.717) is 0 Å². The van der Waals surface area contributed by atoms with E-state index in [0.717, 1.165) is 7.11 Å². The van der Waals surface area contributed by atoms with E-state index < -0.39 is 57.5 Å². The molecule has 1 rings (SSSR count). The molecule has 1 aliphatic rings. The van der Waals surface area contributed by atoms with E-state index in [2.05, 4.69) is 17.8 Å². The van der Waals surface area contributed by atoms with Gasteiger partial charge in [0.1, 0.15) is 12.2 Å². The molecule has 15 heteroatoms. The number of ether oxygens (including phenoxy) is 2. The number of rotatable bonds is 6. The highest BCUT2D eigenvalue weighted by atomic mass is 32.3. The fraction of sp³-hybridized carbons (Fsp3) is 0.857. The highest BCUT2D eigenvalue weighted by molar-refractivity contribution is 7.81. The number of aliphatic hydroxyl groups excluding tert-OH is 1. The summed E-state index contributed by atoms with van der Waals surface area (Å²) in [6, 6.07) is 0. The molecule has 0 aliphatic carbocycles. The molecule has 0 amide bonds. The number of carboxylic acid groups (broad SMARTS) is 1. The van der Waals surface area contributed by atoms with Crippen LogP contribution in [-0.2, 0) is 43.4 Å². The Kier molecular flexibility index (Phi) is 5.82. The highest BCUT2D eigenvalue weighted by Crippen LogP contribution is 2.28. The van der Waals surface area contributed by atoms with Crippen molar-refractivity contribution in [3.05, 3.63) is 0 Å². The molecule has 0 saturated carbocycles. The second-order valence-corrected chi connectivity index (χ2v) is 6.06. The van der Waals surface area contributed by atoms with Crippen LogP contribution in [0.25, 0.3) is 0 Å². The number of aliphatic hydroxyl groups is 1. The second-order valence-electron chi connectivity index (χ2n) is 3.96. The Morgan fingerprint density at radius 2 is 1.45 bits per heavy atom. The lowest BCUT2D eigenvalue weighted by Gasteiger charge is -2.40. The first-order chi connectivity index (χ1) is 9.85. The van der Waals surface area contributed by atoms with Gasteiger partial charge in [-0.3, -0.25) is 9.11 Å². The molecule has 1 aliphatic heterocycles. The molecule has 0 aromatic rings. The van der Waals surface area contributed by atoms with Gasteiger partial charge in [0.05, 0.1) is 0 Å². The lowest BCUT2D eigenvalue weighted by atomic mass is 9.99. The maximum Gasteiger partial charge on any atom is 0.397 e. The lowest BCUT2D eigenvalue weighted by molar-refractivity contribution is -0.273. The van der Waals surface area contributed by atoms with Crippen molar-refractivity contribution in [3.63, 3.8) is 0 Å². The van der Waals surface area contributed by atoms with Crippen molar-refractivity contribution in [2.45, 2.75) is 30.7 Å². The summed E-state index contributed by atoms with van der Waals surface area (Å²) in [4.78, 5) is 11.0. The largest absolute Gasteiger partial charge is 0.479 e. The smallest absolute Gasteiger partial charge is 0.397 e. The van der Waals surface area contributed by atoms with Gasteiger partial charge in [0.15, 0.2) is 18.5 Å². The van der Waals surface area contributed by atoms with Crippen molar-refractivity contribution in [2.24, 2.45) is 0 Å². The second kappa shape index (κ2) is 6.69. The van der Waals surface area contributed by atoms with Crippen molar-refractivity contribution in [1.82, 2.24) is 0 Å². The summed E-state index contributed by atoms with van der Waals surface area (Å²) in [5, 5.41) is 18.4. The van der Waals surface area contributed by atoms with E-state index in [1.54, 1.807) is 0 Å². The van der Waals surface area contributed by atoms with Crippen molar-refractivity contribution < 1.29 is 58.8 Å². The van der Waals surface area contributed by atoms with Gasteiger partial charge in [-0.15, -0.1) is 0 Å². The summed E-state index contributed by atoms with van der Waals surface area (Å²) in [5.41, 5.74) is 0. The number of carbonyl (C=O) groups is 1. The standard InChI is InChI=1S/C7H12O13S2/c1-17-2-3(19-21(11,12)13)5(20-22(14,15)16)7(10)18-4(2)6(8)9/h2-5,7,10H,1H3,(H,8,9)(H,11,12,13)(H,14,15,16)/t2-,3-,4-,5+,7+/m0/s1. The molecule has 4 N–H and O–H groups in total. The normalized spacial score (nSPS) is 33.5. The van der Waals surface area contributed by atoms with Crippen molar-refractivity contribution in [3.8, 4) is 0 Å². The number of methoxy groups -OCH3 is 1. The Morgan fingerprint density at radius 3 is 1.82 bits per heavy atom. The molecule has 0 bridgehead atoms. The third-order valence-corrected chi connectivity index (χ3v) is 3.42. The van der Waals surface area contributed by atoms with Crippen molar-refractivity contribution in [1.29, 1.82) is 0 Å². The van der Waals surface area contributed by atoms with Gasteiger partial charge in [-0.25, -0.2) is 13.2 Å². The first kappa shape index (κ1) is 19.1. The van der Waals surface area contributed by atoms with Gasteiger partial charge in [-0.1, -0.05) is 0 Å². The van der Waals surface area contributed by atoms with Crippen LogP contribution >= 0.6 is 0 Å².